The van der Waals surface area contributed by atoms with E-state index in [1.54, 1.807) is 14.2 Å². The van der Waals surface area contributed by atoms with Crippen molar-refractivity contribution in [3.8, 4) is 11.5 Å². The van der Waals surface area contributed by atoms with Gasteiger partial charge in [0.05, 0.1) is 33.2 Å². The van der Waals surface area contributed by atoms with E-state index >= 15 is 0 Å². The molecule has 0 aliphatic carbocycles. The summed E-state index contributed by atoms with van der Waals surface area (Å²) in [6, 6.07) is 3.97. The molecule has 2 aliphatic heterocycles. The highest BCUT2D eigenvalue weighted by Crippen LogP contribution is 2.33. The number of methoxy groups -OCH3 is 2. The van der Waals surface area contributed by atoms with E-state index in [1.165, 1.54) is 5.56 Å². The third-order valence-corrected chi connectivity index (χ3v) is 5.49. The van der Waals surface area contributed by atoms with Crippen LogP contribution in [-0.4, -0.2) is 57.1 Å². The fourth-order valence-corrected chi connectivity index (χ4v) is 3.98. The van der Waals surface area contributed by atoms with E-state index in [0.717, 1.165) is 42.0 Å². The molecule has 2 atom stereocenters. The van der Waals surface area contributed by atoms with E-state index in [4.69, 9.17) is 15.2 Å². The van der Waals surface area contributed by atoms with Gasteiger partial charge in [-0.25, -0.2) is 0 Å². The largest absolute Gasteiger partial charge is 0.493 e. The van der Waals surface area contributed by atoms with Gasteiger partial charge in [-0.2, -0.15) is 0 Å². The molecule has 26 heavy (non-hydrogen) atoms. The number of carbonyl (C=O) groups is 2. The highest BCUT2D eigenvalue weighted by atomic mass is 16.5. The Kier molecular flexibility index (Phi) is 5.66. The van der Waals surface area contributed by atoms with Gasteiger partial charge >= 0.3 is 0 Å². The van der Waals surface area contributed by atoms with Gasteiger partial charge in [0.15, 0.2) is 18.0 Å². The maximum Gasteiger partial charge on any atom is 0.278 e. The number of likely N-dealkylation sites (tertiary alicyclic amines) is 1. The molecule has 1 aromatic carbocycles. The van der Waals surface area contributed by atoms with Crippen LogP contribution in [0.5, 0.6) is 11.5 Å². The van der Waals surface area contributed by atoms with Crippen molar-refractivity contribution in [3.05, 3.63) is 23.3 Å². The zero-order valence-electron chi connectivity index (χ0n) is 15.5. The lowest BCUT2D eigenvalue weighted by Gasteiger charge is -2.32. The Bertz CT molecular complexity index is 692. The van der Waals surface area contributed by atoms with E-state index in [2.05, 4.69) is 0 Å². The molecule has 0 bridgehead atoms. The van der Waals surface area contributed by atoms with Gasteiger partial charge in [-0.3, -0.25) is 9.59 Å². The molecule has 2 aliphatic rings. The highest BCUT2D eigenvalue weighted by Gasteiger charge is 2.30. The molecule has 1 unspecified atom stereocenters. The summed E-state index contributed by atoms with van der Waals surface area (Å²) < 4.78 is 10.7. The Morgan fingerprint density at radius 2 is 1.92 bits per heavy atom. The van der Waals surface area contributed by atoms with Crippen molar-refractivity contribution < 1.29 is 24.0 Å². The summed E-state index contributed by atoms with van der Waals surface area (Å²) in [5.74, 6) is 1.19. The standard InChI is InChI=1S/C19H27N3O4/c1-25-16-8-13-5-7-22(11-15(13)9-17(16)26-2)18(23)12-21-6-3-4-14(10-21)19(20)24/h8-9,14H,3-7,10-12H2,1-2H3,(H2,20,24)/p+1/t14-/m0/s1. The van der Waals surface area contributed by atoms with Gasteiger partial charge in [0.2, 0.25) is 5.91 Å². The van der Waals surface area contributed by atoms with Crippen molar-refractivity contribution in [3.63, 3.8) is 0 Å². The number of benzene rings is 1. The molecule has 3 N–H and O–H groups in total. The summed E-state index contributed by atoms with van der Waals surface area (Å²) in [7, 11) is 3.24. The number of carbonyl (C=O) groups excluding carboxylic acids is 2. The van der Waals surface area contributed by atoms with Crippen LogP contribution in [0, 0.1) is 5.92 Å². The summed E-state index contributed by atoms with van der Waals surface area (Å²) in [4.78, 5) is 27.2. The molecule has 7 heteroatoms. The van der Waals surface area contributed by atoms with Gasteiger partial charge < -0.3 is 25.0 Å². The average Bonchev–Trinajstić information content (AvgIpc) is 2.66. The SMILES string of the molecule is COc1cc2c(cc1OC)CN(C(=O)C[NH+]1CCC[C@H](C(N)=O)C1)CC2. The predicted octanol–water partition coefficient (Wildman–Crippen LogP) is -0.631. The van der Waals surface area contributed by atoms with Crippen LogP contribution in [0.2, 0.25) is 0 Å². The second-order valence-corrected chi connectivity index (χ2v) is 7.16. The molecule has 3 rings (SSSR count). The summed E-state index contributed by atoms with van der Waals surface area (Å²) >= 11 is 0. The number of amides is 2. The number of ether oxygens (including phenoxy) is 2. The maximum absolute atomic E-state index is 12.8. The van der Waals surface area contributed by atoms with Gasteiger partial charge in [0.1, 0.15) is 0 Å². The molecule has 2 heterocycles. The third kappa shape index (κ3) is 3.93. The molecule has 0 saturated carbocycles. The molecule has 0 radical (unpaired) electrons. The summed E-state index contributed by atoms with van der Waals surface area (Å²) in [6.45, 7) is 3.29. The zero-order chi connectivity index (χ0) is 18.7. The van der Waals surface area contributed by atoms with E-state index < -0.39 is 0 Å². The fourth-order valence-electron chi connectivity index (χ4n) is 3.98. The van der Waals surface area contributed by atoms with Crippen molar-refractivity contribution in [2.45, 2.75) is 25.8 Å². The van der Waals surface area contributed by atoms with E-state index in [-0.39, 0.29) is 17.7 Å². The first-order valence-electron chi connectivity index (χ1n) is 9.16. The van der Waals surface area contributed by atoms with Crippen molar-refractivity contribution in [2.24, 2.45) is 11.7 Å². The first-order chi connectivity index (χ1) is 12.5. The average molecular weight is 362 g/mol. The van der Waals surface area contributed by atoms with E-state index in [1.807, 2.05) is 17.0 Å². The van der Waals surface area contributed by atoms with Crippen LogP contribution in [0.4, 0.5) is 0 Å². The minimum atomic E-state index is -0.248. The third-order valence-electron chi connectivity index (χ3n) is 5.49. The van der Waals surface area contributed by atoms with Gasteiger partial charge in [-0.05, 0) is 42.5 Å². The molecule has 1 saturated heterocycles. The normalized spacial score (nSPS) is 22.5. The zero-order valence-corrected chi connectivity index (χ0v) is 15.5. The molecular formula is C19H28N3O4+. The lowest BCUT2D eigenvalue weighted by molar-refractivity contribution is -0.899. The van der Waals surface area contributed by atoms with Gasteiger partial charge in [0.25, 0.3) is 5.91 Å². The number of nitrogens with zero attached hydrogens (tertiary/aromatic N) is 1. The van der Waals surface area contributed by atoms with Crippen molar-refractivity contribution in [2.75, 3.05) is 40.4 Å². The summed E-state index contributed by atoms with van der Waals surface area (Å²) in [5, 5.41) is 0. The highest BCUT2D eigenvalue weighted by molar-refractivity contribution is 5.78. The Balaban J connectivity index is 1.64. The summed E-state index contributed by atoms with van der Waals surface area (Å²) in [6.07, 6.45) is 2.59. The van der Waals surface area contributed by atoms with E-state index in [0.29, 0.717) is 31.9 Å². The Hall–Kier alpha value is -2.28. The van der Waals surface area contributed by atoms with Crippen molar-refractivity contribution >= 4 is 11.8 Å². The number of piperidine rings is 1. The van der Waals surface area contributed by atoms with E-state index in [9.17, 15) is 9.59 Å². The lowest BCUT2D eigenvalue weighted by Crippen LogP contribution is -3.15. The van der Waals surface area contributed by atoms with Crippen LogP contribution in [0.1, 0.15) is 24.0 Å². The summed E-state index contributed by atoms with van der Waals surface area (Å²) in [5.41, 5.74) is 7.74. The van der Waals surface area contributed by atoms with Crippen LogP contribution < -0.4 is 20.1 Å². The van der Waals surface area contributed by atoms with Crippen LogP contribution in [0.25, 0.3) is 0 Å². The first-order valence-corrected chi connectivity index (χ1v) is 9.16. The minimum Gasteiger partial charge on any atom is -0.493 e. The number of nitrogens with one attached hydrogen (secondary N) is 1. The maximum atomic E-state index is 12.8. The second-order valence-electron chi connectivity index (χ2n) is 7.16. The Labute approximate surface area is 154 Å². The van der Waals surface area contributed by atoms with Crippen LogP contribution in [-0.2, 0) is 22.6 Å². The quantitative estimate of drug-likeness (QED) is 0.730. The minimum absolute atomic E-state index is 0.106. The molecular weight excluding hydrogens is 334 g/mol. The van der Waals surface area contributed by atoms with Gasteiger partial charge in [0, 0.05) is 13.1 Å². The molecule has 142 valence electrons. The molecule has 0 spiro atoms. The number of hydrogen-bond donors (Lipinski definition) is 2. The number of quaternary nitrogens is 1. The van der Waals surface area contributed by atoms with Crippen molar-refractivity contribution in [1.29, 1.82) is 0 Å². The van der Waals surface area contributed by atoms with Gasteiger partial charge in [-0.15, -0.1) is 0 Å². The second kappa shape index (κ2) is 7.95. The topological polar surface area (TPSA) is 86.3 Å². The molecule has 2 amide bonds. The lowest BCUT2D eigenvalue weighted by atomic mass is 9.97. The number of nitrogens with two attached hydrogens (primary N) is 1. The fraction of sp³-hybridized carbons (Fsp3) is 0.579. The monoisotopic (exact) mass is 362 g/mol. The number of fused-ring (bicyclic) bond motifs is 1. The Morgan fingerprint density at radius 1 is 1.23 bits per heavy atom. The van der Waals surface area contributed by atoms with Crippen LogP contribution in [0.3, 0.4) is 0 Å². The molecule has 7 nitrogen and oxygen atoms in total. The number of rotatable bonds is 5. The molecule has 1 fully saturated rings. The predicted molar refractivity (Wildman–Crippen MR) is 96.1 cm³/mol. The molecule has 0 aromatic heterocycles. The Morgan fingerprint density at radius 3 is 2.58 bits per heavy atom. The molecule has 1 aromatic rings. The first kappa shape index (κ1) is 18.5. The smallest absolute Gasteiger partial charge is 0.278 e. The van der Waals surface area contributed by atoms with Crippen molar-refractivity contribution in [1.82, 2.24) is 4.90 Å². The number of hydrogen-bond acceptors (Lipinski definition) is 4. The number of primary amides is 1. The van der Waals surface area contributed by atoms with Crippen LogP contribution >= 0.6 is 0 Å². The van der Waals surface area contributed by atoms with Crippen LogP contribution in [0.15, 0.2) is 12.1 Å². The van der Waals surface area contributed by atoms with Gasteiger partial charge in [-0.1, -0.05) is 0 Å².